The predicted molar refractivity (Wildman–Crippen MR) is 223 cm³/mol. The molecular weight excluding hydrogens is 761 g/mol. The molecule has 1 saturated heterocycles. The van der Waals surface area contributed by atoms with Crippen molar-refractivity contribution in [3.05, 3.63) is 131 Å². The number of likely N-dealkylation sites (tertiary alicyclic amines) is 1. The average Bonchev–Trinajstić information content (AvgIpc) is 4.11. The molecule has 14 nitrogen and oxygen atoms in total. The molecule has 1 aliphatic heterocycles. The molecule has 4 fully saturated rings. The molecule has 0 unspecified atom stereocenters. The van der Waals surface area contributed by atoms with Crippen molar-refractivity contribution in [3.8, 4) is 11.3 Å². The minimum absolute atomic E-state index is 0.00793. The molecule has 4 atom stereocenters. The second-order valence-electron chi connectivity index (χ2n) is 16.4. The summed E-state index contributed by atoms with van der Waals surface area (Å²) in [5.41, 5.74) is 5.85. The van der Waals surface area contributed by atoms with Gasteiger partial charge < -0.3 is 40.3 Å². The summed E-state index contributed by atoms with van der Waals surface area (Å²) in [7, 11) is 2.56. The zero-order valence-electron chi connectivity index (χ0n) is 34.2. The summed E-state index contributed by atoms with van der Waals surface area (Å²) in [5, 5.41) is 8.39. The van der Waals surface area contributed by atoms with E-state index in [1.165, 1.54) is 19.8 Å². The van der Waals surface area contributed by atoms with Gasteiger partial charge in [-0.1, -0.05) is 84.9 Å². The van der Waals surface area contributed by atoms with Gasteiger partial charge >= 0.3 is 12.2 Å². The maximum Gasteiger partial charge on any atom is 0.407 e. The summed E-state index contributed by atoms with van der Waals surface area (Å²) >= 11 is 0. The molecular formula is C46H52N8O6. The number of carbonyl (C=O) groups excluding carboxylic acids is 4. The molecule has 312 valence electrons. The lowest BCUT2D eigenvalue weighted by Gasteiger charge is -2.53. The normalized spacial score (nSPS) is 22.3. The molecule has 14 heteroatoms. The van der Waals surface area contributed by atoms with Gasteiger partial charge in [-0.05, 0) is 86.0 Å². The Kier molecular flexibility index (Phi) is 11.5. The van der Waals surface area contributed by atoms with E-state index in [9.17, 15) is 19.2 Å². The van der Waals surface area contributed by atoms with Gasteiger partial charge in [-0.3, -0.25) is 9.59 Å². The first-order valence-corrected chi connectivity index (χ1v) is 20.7. The van der Waals surface area contributed by atoms with Crippen molar-refractivity contribution in [3.63, 3.8) is 0 Å². The van der Waals surface area contributed by atoms with E-state index in [0.717, 1.165) is 74.1 Å². The number of benzene rings is 3. The van der Waals surface area contributed by atoms with Gasteiger partial charge in [0.05, 0.1) is 38.2 Å². The molecule has 5 N–H and O–H groups in total. The highest BCUT2D eigenvalue weighted by Gasteiger charge is 2.51. The number of H-pyrrole nitrogens is 2. The molecule has 3 saturated carbocycles. The van der Waals surface area contributed by atoms with Crippen molar-refractivity contribution < 1.29 is 28.7 Å². The zero-order chi connectivity index (χ0) is 41.9. The van der Waals surface area contributed by atoms with Gasteiger partial charge in [0.25, 0.3) is 5.91 Å². The number of methoxy groups -OCH3 is 2. The third-order valence-electron chi connectivity index (χ3n) is 13.1. The number of aromatic amines is 2. The first kappa shape index (κ1) is 40.3. The fourth-order valence-electron chi connectivity index (χ4n) is 9.58. The van der Waals surface area contributed by atoms with Crippen molar-refractivity contribution in [1.29, 1.82) is 0 Å². The lowest BCUT2D eigenvalue weighted by molar-refractivity contribution is -0.134. The Labute approximate surface area is 349 Å². The molecule has 0 radical (unpaired) electrons. The topological polar surface area (TPSA) is 183 Å². The van der Waals surface area contributed by atoms with Crippen LogP contribution in [-0.4, -0.2) is 69.6 Å². The number of nitrogens with one attached hydrogen (secondary N) is 5. The summed E-state index contributed by atoms with van der Waals surface area (Å²) < 4.78 is 9.62. The van der Waals surface area contributed by atoms with E-state index in [4.69, 9.17) is 19.4 Å². The van der Waals surface area contributed by atoms with E-state index in [2.05, 4.69) is 50.2 Å². The molecule has 3 aromatic carbocycles. The number of fused-ring (bicyclic) bond motifs is 3. The number of carbonyl (C=O) groups is 4. The molecule has 5 aromatic rings. The van der Waals surface area contributed by atoms with Crippen LogP contribution in [-0.2, 0) is 29.9 Å². The molecule has 4 aliphatic rings. The highest BCUT2D eigenvalue weighted by atomic mass is 16.5. The predicted octanol–water partition coefficient (Wildman–Crippen LogP) is 7.38. The number of amides is 4. The van der Waals surface area contributed by atoms with Crippen LogP contribution in [0.1, 0.15) is 116 Å². The molecule has 3 aliphatic carbocycles. The molecule has 3 heterocycles. The fraction of sp³-hybridized carbons (Fsp3) is 0.391. The third kappa shape index (κ3) is 7.97. The van der Waals surface area contributed by atoms with Crippen LogP contribution >= 0.6 is 0 Å². The number of alkyl carbamates (subject to hydrolysis) is 2. The molecule has 60 heavy (non-hydrogen) atoms. The summed E-state index contributed by atoms with van der Waals surface area (Å²) in [5.74, 6) is 0.849. The van der Waals surface area contributed by atoms with Crippen LogP contribution in [0.3, 0.4) is 0 Å². The largest absolute Gasteiger partial charge is 0.453 e. The quantitative estimate of drug-likeness (QED) is 0.0865. The van der Waals surface area contributed by atoms with Crippen LogP contribution in [0.2, 0.25) is 0 Å². The van der Waals surface area contributed by atoms with Gasteiger partial charge in [-0.15, -0.1) is 0 Å². The van der Waals surface area contributed by atoms with Gasteiger partial charge in [0.1, 0.15) is 23.7 Å². The SMILES string of the molecule is COC(=O)N[C@@H](C(=O)N[C@@H](C)c1ncc(C23CCC(c4ccc(-c5cnc([C@@H]6CCCN6C(=O)[C@H](NC(=O)OC)c6ccccc6)[nH]5)cc4)(CC2)CC3)[nH]1)c1ccccc1. The maximum absolute atomic E-state index is 13.9. The second kappa shape index (κ2) is 17.0. The van der Waals surface area contributed by atoms with E-state index in [0.29, 0.717) is 23.5 Å². The highest BCUT2D eigenvalue weighted by molar-refractivity contribution is 5.88. The Morgan fingerprint density at radius 2 is 1.30 bits per heavy atom. The minimum atomic E-state index is -0.914. The number of imidazole rings is 2. The summed E-state index contributed by atoms with van der Waals surface area (Å²) in [6.45, 7) is 2.45. The van der Waals surface area contributed by atoms with Gasteiger partial charge in [-0.25, -0.2) is 19.6 Å². The highest BCUT2D eigenvalue weighted by Crippen LogP contribution is 2.58. The van der Waals surface area contributed by atoms with Crippen molar-refractivity contribution in [2.45, 2.75) is 93.3 Å². The molecule has 9 rings (SSSR count). The Balaban J connectivity index is 0.902. The van der Waals surface area contributed by atoms with Crippen molar-refractivity contribution in [2.75, 3.05) is 20.8 Å². The Bertz CT molecular complexity index is 2280. The minimum Gasteiger partial charge on any atom is -0.453 e. The van der Waals surface area contributed by atoms with Crippen molar-refractivity contribution in [2.24, 2.45) is 0 Å². The maximum atomic E-state index is 13.9. The van der Waals surface area contributed by atoms with Gasteiger partial charge in [0, 0.05) is 23.9 Å². The van der Waals surface area contributed by atoms with Gasteiger partial charge in [0.2, 0.25) is 5.91 Å². The van der Waals surface area contributed by atoms with Crippen LogP contribution in [0.15, 0.2) is 97.3 Å². The van der Waals surface area contributed by atoms with Crippen LogP contribution in [0.4, 0.5) is 9.59 Å². The van der Waals surface area contributed by atoms with E-state index in [1.54, 1.807) is 12.1 Å². The van der Waals surface area contributed by atoms with Crippen LogP contribution in [0.25, 0.3) is 11.3 Å². The summed E-state index contributed by atoms with van der Waals surface area (Å²) in [6, 6.07) is 24.7. The Hall–Kier alpha value is -6.44. The number of nitrogens with zero attached hydrogens (tertiary/aromatic N) is 3. The second-order valence-corrected chi connectivity index (χ2v) is 16.4. The molecule has 0 spiro atoms. The monoisotopic (exact) mass is 812 g/mol. The van der Waals surface area contributed by atoms with Crippen molar-refractivity contribution in [1.82, 2.24) is 40.8 Å². The van der Waals surface area contributed by atoms with E-state index >= 15 is 0 Å². The van der Waals surface area contributed by atoms with Gasteiger partial charge in [-0.2, -0.15) is 0 Å². The molecule has 4 amide bonds. The standard InChI is InChI=1S/C46H52N8O6/c1-29(49-41(55)37(52-43(57)59-2)31-11-6-4-7-12-31)39-48-28-36(51-39)46-23-20-45(21-24-46,22-25-46)33-18-16-30(17-19-33)34-27-47-40(50-34)35-15-10-26-54(35)42(56)38(53-44(58)60-3)32-13-8-5-9-14-32/h4-9,11-14,16-19,27-29,35,37-38H,10,15,20-26H2,1-3H3,(H,47,50)(H,48,51)(H,49,55)(H,52,57)(H,53,58)/t29-,35-,37+,38+,45?,46?/m0/s1. The van der Waals surface area contributed by atoms with E-state index in [-0.39, 0.29) is 28.7 Å². The van der Waals surface area contributed by atoms with E-state index in [1.807, 2.05) is 72.7 Å². The lowest BCUT2D eigenvalue weighted by atomic mass is 9.51. The Morgan fingerprint density at radius 1 is 0.717 bits per heavy atom. The van der Waals surface area contributed by atoms with E-state index < -0.39 is 30.3 Å². The first-order valence-electron chi connectivity index (χ1n) is 20.7. The van der Waals surface area contributed by atoms with Crippen molar-refractivity contribution >= 4 is 24.0 Å². The average molecular weight is 813 g/mol. The number of rotatable bonds is 12. The van der Waals surface area contributed by atoms with Gasteiger partial charge in [0.15, 0.2) is 0 Å². The smallest absolute Gasteiger partial charge is 0.407 e. The summed E-state index contributed by atoms with van der Waals surface area (Å²) in [6.07, 6.45) is 10.3. The number of ether oxygens (including phenoxy) is 2. The third-order valence-corrected chi connectivity index (χ3v) is 13.1. The number of hydrogen-bond acceptors (Lipinski definition) is 8. The number of hydrogen-bond donors (Lipinski definition) is 5. The van der Waals surface area contributed by atoms with Crippen LogP contribution in [0.5, 0.6) is 0 Å². The van der Waals surface area contributed by atoms with Crippen LogP contribution in [0, 0.1) is 0 Å². The fourth-order valence-corrected chi connectivity index (χ4v) is 9.58. The Morgan fingerprint density at radius 3 is 1.92 bits per heavy atom. The zero-order valence-corrected chi connectivity index (χ0v) is 34.2. The lowest BCUT2D eigenvalue weighted by Crippen LogP contribution is -2.46. The number of aromatic nitrogens is 4. The molecule has 2 bridgehead atoms. The first-order chi connectivity index (χ1) is 29.1. The molecule has 2 aromatic heterocycles. The summed E-state index contributed by atoms with van der Waals surface area (Å²) in [4.78, 5) is 70.1. The van der Waals surface area contributed by atoms with Crippen LogP contribution < -0.4 is 16.0 Å².